The highest BCUT2D eigenvalue weighted by Crippen LogP contribution is 2.32. The molecule has 3 nitrogen and oxygen atoms in total. The number of carbonyl (C=O) groups excluding carboxylic acids is 1. The van der Waals surface area contributed by atoms with Crippen LogP contribution >= 0.6 is 15.9 Å². The molecular weight excluding hydrogens is 306 g/mol. The van der Waals surface area contributed by atoms with Gasteiger partial charge < -0.3 is 10.1 Å². The highest BCUT2D eigenvalue weighted by atomic mass is 79.9. The number of nitrogens with one attached hydrogen (secondary N) is 1. The van der Waals surface area contributed by atoms with Crippen molar-refractivity contribution < 1.29 is 9.53 Å². The summed E-state index contributed by atoms with van der Waals surface area (Å²) in [4.78, 5) is 11.8. The number of allylic oxidation sites excluding steroid dienone is 1. The van der Waals surface area contributed by atoms with Crippen LogP contribution in [0.1, 0.15) is 34.3 Å². The third kappa shape index (κ3) is 2.84. The zero-order valence-electron chi connectivity index (χ0n) is 11.4. The third-order valence-corrected chi connectivity index (χ3v) is 4.35. The van der Waals surface area contributed by atoms with Crippen LogP contribution in [0.4, 0.5) is 5.69 Å². The summed E-state index contributed by atoms with van der Waals surface area (Å²) in [5.41, 5.74) is 3.68. The molecule has 0 radical (unpaired) electrons. The molecule has 0 amide bonds. The third-order valence-electron chi connectivity index (χ3n) is 3.53. The maximum Gasteiger partial charge on any atom is 0.338 e. The number of methoxy groups -OCH3 is 1. The van der Waals surface area contributed by atoms with Crippen molar-refractivity contribution in [1.29, 1.82) is 0 Å². The van der Waals surface area contributed by atoms with Crippen molar-refractivity contribution in [1.82, 2.24) is 0 Å². The molecule has 0 bridgehead atoms. The van der Waals surface area contributed by atoms with Gasteiger partial charge in [-0.05, 0) is 43.9 Å². The molecule has 1 N–H and O–H groups in total. The summed E-state index contributed by atoms with van der Waals surface area (Å²) >= 11 is 3.51. The maximum absolute atomic E-state index is 11.8. The number of anilines is 1. The Balaban J connectivity index is 2.42. The van der Waals surface area contributed by atoms with Crippen molar-refractivity contribution in [3.8, 4) is 0 Å². The Morgan fingerprint density at radius 1 is 1.42 bits per heavy atom. The number of benzene rings is 1. The van der Waals surface area contributed by atoms with Crippen LogP contribution in [-0.2, 0) is 4.74 Å². The number of hydrogen-bond acceptors (Lipinski definition) is 3. The molecule has 19 heavy (non-hydrogen) atoms. The Bertz CT molecular complexity index is 537. The average molecular weight is 324 g/mol. The van der Waals surface area contributed by atoms with E-state index in [4.69, 9.17) is 4.74 Å². The van der Waals surface area contributed by atoms with Crippen molar-refractivity contribution in [3.63, 3.8) is 0 Å². The second kappa shape index (κ2) is 5.78. The first-order valence-corrected chi connectivity index (χ1v) is 7.15. The topological polar surface area (TPSA) is 38.3 Å². The predicted octanol–water partition coefficient (Wildman–Crippen LogP) is 3.98. The molecule has 2 rings (SSSR count). The SMILES string of the molecule is COC(=O)c1cc(Br)c(C)c(NC2C=CCC2)c1C. The highest BCUT2D eigenvalue weighted by Gasteiger charge is 2.19. The first-order chi connectivity index (χ1) is 9.04. The van der Waals surface area contributed by atoms with E-state index in [0.29, 0.717) is 11.6 Å². The van der Waals surface area contributed by atoms with E-state index in [9.17, 15) is 4.79 Å². The second-order valence-corrected chi connectivity index (χ2v) is 5.63. The minimum atomic E-state index is -0.303. The normalized spacial score (nSPS) is 17.6. The molecule has 4 heteroatoms. The molecule has 0 aromatic heterocycles. The fourth-order valence-corrected chi connectivity index (χ4v) is 2.78. The van der Waals surface area contributed by atoms with Crippen LogP contribution in [-0.4, -0.2) is 19.1 Å². The van der Waals surface area contributed by atoms with Crippen LogP contribution < -0.4 is 5.32 Å². The largest absolute Gasteiger partial charge is 0.465 e. The Kier molecular flexibility index (Phi) is 4.30. The number of ether oxygens (including phenoxy) is 1. The van der Waals surface area contributed by atoms with Gasteiger partial charge in [-0.1, -0.05) is 28.1 Å². The highest BCUT2D eigenvalue weighted by molar-refractivity contribution is 9.10. The number of carbonyl (C=O) groups is 1. The molecular formula is C15H18BrNO2. The van der Waals surface area contributed by atoms with Crippen molar-refractivity contribution in [2.75, 3.05) is 12.4 Å². The number of esters is 1. The fraction of sp³-hybridized carbons (Fsp3) is 0.400. The molecule has 0 heterocycles. The van der Waals surface area contributed by atoms with Gasteiger partial charge in [-0.25, -0.2) is 4.79 Å². The van der Waals surface area contributed by atoms with E-state index in [-0.39, 0.29) is 5.97 Å². The van der Waals surface area contributed by atoms with Crippen molar-refractivity contribution in [3.05, 3.63) is 39.4 Å². The molecule has 1 aromatic carbocycles. The molecule has 0 spiro atoms. The Morgan fingerprint density at radius 3 is 2.74 bits per heavy atom. The summed E-state index contributed by atoms with van der Waals surface area (Å²) in [6, 6.07) is 2.17. The van der Waals surface area contributed by atoms with E-state index in [1.54, 1.807) is 0 Å². The van der Waals surface area contributed by atoms with Crippen LogP contribution in [0.15, 0.2) is 22.7 Å². The number of rotatable bonds is 3. The summed E-state index contributed by atoms with van der Waals surface area (Å²) in [6.07, 6.45) is 6.56. The standard InChI is InChI=1S/C15H18BrNO2/c1-9-12(15(18)19-3)8-13(16)10(2)14(9)17-11-6-4-5-7-11/h4,6,8,11,17H,5,7H2,1-3H3. The predicted molar refractivity (Wildman–Crippen MR) is 80.7 cm³/mol. The second-order valence-electron chi connectivity index (χ2n) is 4.78. The Labute approximate surface area is 122 Å². The van der Waals surface area contributed by atoms with Gasteiger partial charge in [-0.3, -0.25) is 0 Å². The molecule has 1 aliphatic carbocycles. The molecule has 0 aliphatic heterocycles. The minimum absolute atomic E-state index is 0.303. The fourth-order valence-electron chi connectivity index (χ4n) is 2.36. The zero-order valence-corrected chi connectivity index (χ0v) is 13.0. The Hall–Kier alpha value is -1.29. The van der Waals surface area contributed by atoms with E-state index in [0.717, 1.165) is 34.1 Å². The molecule has 102 valence electrons. The van der Waals surface area contributed by atoms with E-state index in [1.807, 2.05) is 19.9 Å². The summed E-state index contributed by atoms with van der Waals surface area (Å²) in [6.45, 7) is 3.99. The smallest absolute Gasteiger partial charge is 0.338 e. The molecule has 0 saturated carbocycles. The van der Waals surface area contributed by atoms with Crippen LogP contribution in [0.25, 0.3) is 0 Å². The van der Waals surface area contributed by atoms with Gasteiger partial charge in [0.15, 0.2) is 0 Å². The van der Waals surface area contributed by atoms with Gasteiger partial charge >= 0.3 is 5.97 Å². The Morgan fingerprint density at radius 2 is 2.16 bits per heavy atom. The molecule has 0 saturated heterocycles. The van der Waals surface area contributed by atoms with Crippen molar-refractivity contribution in [2.45, 2.75) is 32.7 Å². The van der Waals surface area contributed by atoms with Gasteiger partial charge in [-0.2, -0.15) is 0 Å². The molecule has 1 atom stereocenters. The van der Waals surface area contributed by atoms with E-state index < -0.39 is 0 Å². The van der Waals surface area contributed by atoms with Crippen molar-refractivity contribution >= 4 is 27.6 Å². The van der Waals surface area contributed by atoms with Gasteiger partial charge in [0.25, 0.3) is 0 Å². The van der Waals surface area contributed by atoms with Gasteiger partial charge in [0, 0.05) is 16.2 Å². The van der Waals surface area contributed by atoms with Gasteiger partial charge in [0.05, 0.1) is 12.7 Å². The van der Waals surface area contributed by atoms with E-state index >= 15 is 0 Å². The average Bonchev–Trinajstić information content (AvgIpc) is 2.91. The van der Waals surface area contributed by atoms with Crippen molar-refractivity contribution in [2.24, 2.45) is 0 Å². The molecule has 1 unspecified atom stereocenters. The molecule has 1 aliphatic rings. The summed E-state index contributed by atoms with van der Waals surface area (Å²) in [5.74, 6) is -0.303. The number of hydrogen-bond donors (Lipinski definition) is 1. The molecule has 1 aromatic rings. The summed E-state index contributed by atoms with van der Waals surface area (Å²) < 4.78 is 5.75. The lowest BCUT2D eigenvalue weighted by molar-refractivity contribution is 0.0600. The van der Waals surface area contributed by atoms with Gasteiger partial charge in [0.1, 0.15) is 0 Å². The lowest BCUT2D eigenvalue weighted by Gasteiger charge is -2.20. The van der Waals surface area contributed by atoms with E-state index in [1.165, 1.54) is 7.11 Å². The van der Waals surface area contributed by atoms with Crippen LogP contribution in [0.5, 0.6) is 0 Å². The monoisotopic (exact) mass is 323 g/mol. The molecule has 0 fully saturated rings. The quantitative estimate of drug-likeness (QED) is 0.675. The van der Waals surface area contributed by atoms with E-state index in [2.05, 4.69) is 33.4 Å². The lowest BCUT2D eigenvalue weighted by Crippen LogP contribution is -2.17. The first-order valence-electron chi connectivity index (χ1n) is 6.35. The number of halogens is 1. The minimum Gasteiger partial charge on any atom is -0.465 e. The van der Waals surface area contributed by atoms with Crippen LogP contribution in [0.2, 0.25) is 0 Å². The lowest BCUT2D eigenvalue weighted by atomic mass is 10.0. The zero-order chi connectivity index (χ0) is 14.0. The van der Waals surface area contributed by atoms with Gasteiger partial charge in [0.2, 0.25) is 0 Å². The summed E-state index contributed by atoms with van der Waals surface area (Å²) in [5, 5.41) is 3.51. The van der Waals surface area contributed by atoms with Gasteiger partial charge in [-0.15, -0.1) is 0 Å². The van der Waals surface area contributed by atoms with Crippen LogP contribution in [0, 0.1) is 13.8 Å². The van der Waals surface area contributed by atoms with Crippen LogP contribution in [0.3, 0.4) is 0 Å². The maximum atomic E-state index is 11.8. The first kappa shape index (κ1) is 14.1. The summed E-state index contributed by atoms with van der Waals surface area (Å²) in [7, 11) is 1.41.